The summed E-state index contributed by atoms with van der Waals surface area (Å²) >= 11 is 0. The lowest BCUT2D eigenvalue weighted by atomic mass is 9.97. The number of hydrogen-bond donors (Lipinski definition) is 0. The van der Waals surface area contributed by atoms with Gasteiger partial charge in [-0.25, -0.2) is 5.32 Å². The van der Waals surface area contributed by atoms with Crippen LogP contribution in [0.15, 0.2) is 16.7 Å². The highest BCUT2D eigenvalue weighted by Gasteiger charge is 2.51. The van der Waals surface area contributed by atoms with E-state index in [4.69, 9.17) is 0 Å². The smallest absolute Gasteiger partial charge is 0.267 e. The lowest BCUT2D eigenvalue weighted by Gasteiger charge is -2.21. The number of alkyl halides is 6. The molecule has 8 heteroatoms. The molecule has 1 amide bonds. The van der Waals surface area contributed by atoms with Crippen molar-refractivity contribution in [2.45, 2.75) is 19.3 Å². The van der Waals surface area contributed by atoms with Gasteiger partial charge in [0.25, 0.3) is 5.91 Å². The van der Waals surface area contributed by atoms with Crippen molar-refractivity contribution in [3.05, 3.63) is 22.9 Å². The highest BCUT2D eigenvalue weighted by Crippen LogP contribution is 2.41. The van der Waals surface area contributed by atoms with Crippen molar-refractivity contribution in [3.63, 3.8) is 0 Å². The van der Waals surface area contributed by atoms with Gasteiger partial charge in [0.05, 0.1) is 11.8 Å². The molecule has 0 saturated heterocycles. The zero-order chi connectivity index (χ0) is 12.7. The molecule has 0 N–H and O–H groups in total. The molecule has 0 bridgehead atoms. The molecule has 1 rings (SSSR count). The Morgan fingerprint density at radius 1 is 1.00 bits per heavy atom. The Kier molecular flexibility index (Phi) is 2.78. The molecular weight excluding hydrogens is 240 g/mol. The van der Waals surface area contributed by atoms with Gasteiger partial charge in [-0.1, -0.05) is 0 Å². The van der Waals surface area contributed by atoms with Crippen LogP contribution < -0.4 is 5.32 Å². The Balaban J connectivity index is 3.50. The molecule has 0 atom stereocenters. The summed E-state index contributed by atoms with van der Waals surface area (Å²) < 4.78 is 73.8. The van der Waals surface area contributed by atoms with Crippen molar-refractivity contribution in [2.24, 2.45) is 0 Å². The van der Waals surface area contributed by atoms with Crippen LogP contribution in [0.2, 0.25) is 0 Å². The van der Waals surface area contributed by atoms with Crippen LogP contribution in [0, 0.1) is 6.20 Å². The molecule has 1 aliphatic rings. The van der Waals surface area contributed by atoms with E-state index in [9.17, 15) is 31.1 Å². The Labute approximate surface area is 85.6 Å². The summed E-state index contributed by atoms with van der Waals surface area (Å²) in [7, 11) is 0. The van der Waals surface area contributed by atoms with Crippen molar-refractivity contribution in [3.8, 4) is 0 Å². The van der Waals surface area contributed by atoms with Crippen LogP contribution in [0.3, 0.4) is 0 Å². The maximum Gasteiger partial charge on any atom is 0.422 e. The topological polar surface area (TPSA) is 31.2 Å². The minimum atomic E-state index is -5.39. The van der Waals surface area contributed by atoms with E-state index >= 15 is 0 Å². The fraction of sp³-hybridized carbons (Fsp3) is 0.375. The summed E-state index contributed by atoms with van der Waals surface area (Å²) in [4.78, 5) is 10.7. The fourth-order valence-corrected chi connectivity index (χ4v) is 1.16. The average Bonchev–Trinajstić information content (AvgIpc) is 2.04. The molecule has 0 aromatic heterocycles. The van der Waals surface area contributed by atoms with Crippen molar-refractivity contribution in [1.82, 2.24) is 5.32 Å². The highest BCUT2D eigenvalue weighted by atomic mass is 19.4. The first-order chi connectivity index (χ1) is 7.05. The first kappa shape index (κ1) is 12.6. The molecule has 0 unspecified atom stereocenters. The Bertz CT molecular complexity index is 370. The van der Waals surface area contributed by atoms with Crippen molar-refractivity contribution in [2.75, 3.05) is 0 Å². The van der Waals surface area contributed by atoms with Crippen LogP contribution >= 0.6 is 0 Å². The van der Waals surface area contributed by atoms with Crippen molar-refractivity contribution in [1.29, 1.82) is 0 Å². The maximum atomic E-state index is 12.3. The van der Waals surface area contributed by atoms with Gasteiger partial charge in [-0.2, -0.15) is 26.3 Å². The first-order valence-electron chi connectivity index (χ1n) is 3.79. The zero-order valence-corrected chi connectivity index (χ0v) is 7.62. The lowest BCUT2D eigenvalue weighted by molar-refractivity contribution is -0.137. The minimum absolute atomic E-state index is 0.754. The Hall–Kier alpha value is -1.47. The van der Waals surface area contributed by atoms with Gasteiger partial charge in [0.2, 0.25) is 0 Å². The number of carbonyl (C=O) groups is 1. The van der Waals surface area contributed by atoms with Gasteiger partial charge in [0, 0.05) is 0 Å². The lowest BCUT2D eigenvalue weighted by Crippen LogP contribution is -2.34. The molecule has 0 aromatic carbocycles. The molecular formula is C8H3F6NO. The maximum absolute atomic E-state index is 12.3. The number of hydrogen-bond acceptors (Lipinski definition) is 1. The third-order valence-corrected chi connectivity index (χ3v) is 1.73. The van der Waals surface area contributed by atoms with E-state index < -0.39 is 35.0 Å². The standard InChI is InChI=1S/C8H3F6NO/c1-3-2-15-6(16)5(8(12,13)14)4(3)7(9,10)11/h1H3. The molecule has 0 spiro atoms. The molecule has 88 valence electrons. The van der Waals surface area contributed by atoms with Gasteiger partial charge >= 0.3 is 12.4 Å². The SMILES string of the molecule is CC1=[C][N]C(=O)C(C(F)(F)F)=C1C(F)(F)F. The van der Waals surface area contributed by atoms with E-state index in [-0.39, 0.29) is 0 Å². The van der Waals surface area contributed by atoms with Crippen LogP contribution in [-0.4, -0.2) is 18.3 Å². The monoisotopic (exact) mass is 243 g/mol. The van der Waals surface area contributed by atoms with Crippen molar-refractivity contribution < 1.29 is 31.1 Å². The minimum Gasteiger partial charge on any atom is -0.267 e. The average molecular weight is 243 g/mol. The summed E-state index contributed by atoms with van der Waals surface area (Å²) in [6, 6.07) is 0. The van der Waals surface area contributed by atoms with Crippen LogP contribution in [0.4, 0.5) is 26.3 Å². The normalized spacial score (nSPS) is 18.4. The molecule has 1 heterocycles. The van der Waals surface area contributed by atoms with E-state index in [1.165, 1.54) is 0 Å². The molecule has 0 aromatic rings. The number of allylic oxidation sites excluding steroid dienone is 2. The summed E-state index contributed by atoms with van der Waals surface area (Å²) in [5, 5.41) is 2.62. The van der Waals surface area contributed by atoms with Crippen LogP contribution in [0.25, 0.3) is 0 Å². The van der Waals surface area contributed by atoms with Crippen LogP contribution in [-0.2, 0) is 4.79 Å². The second kappa shape index (κ2) is 3.53. The zero-order valence-electron chi connectivity index (χ0n) is 7.62. The number of carbonyl (C=O) groups excluding carboxylic acids is 1. The fourth-order valence-electron chi connectivity index (χ4n) is 1.16. The van der Waals surface area contributed by atoms with E-state index in [2.05, 4.69) is 5.32 Å². The van der Waals surface area contributed by atoms with Gasteiger partial charge in [0.1, 0.15) is 5.57 Å². The quantitative estimate of drug-likeness (QED) is 0.600. The van der Waals surface area contributed by atoms with Gasteiger partial charge in [-0.05, 0) is 12.5 Å². The molecule has 16 heavy (non-hydrogen) atoms. The van der Waals surface area contributed by atoms with E-state index in [0.29, 0.717) is 0 Å². The molecule has 0 fully saturated rings. The van der Waals surface area contributed by atoms with E-state index in [1.54, 1.807) is 6.20 Å². The third-order valence-electron chi connectivity index (χ3n) is 1.73. The molecule has 0 aliphatic carbocycles. The van der Waals surface area contributed by atoms with Gasteiger partial charge in [0.15, 0.2) is 0 Å². The Morgan fingerprint density at radius 2 is 1.44 bits per heavy atom. The highest BCUT2D eigenvalue weighted by molar-refractivity contribution is 5.97. The molecule has 2 nitrogen and oxygen atoms in total. The molecule has 2 radical (unpaired) electrons. The van der Waals surface area contributed by atoms with E-state index in [1.807, 2.05) is 0 Å². The van der Waals surface area contributed by atoms with Crippen LogP contribution in [0.1, 0.15) is 6.92 Å². The third kappa shape index (κ3) is 2.20. The van der Waals surface area contributed by atoms with E-state index in [0.717, 1.165) is 6.92 Å². The molecule has 1 aliphatic heterocycles. The predicted molar refractivity (Wildman–Crippen MR) is 38.7 cm³/mol. The number of nitrogens with zero attached hydrogens (tertiary/aromatic N) is 1. The molecule has 0 saturated carbocycles. The predicted octanol–water partition coefficient (Wildman–Crippen LogP) is 2.26. The number of halogens is 6. The first-order valence-corrected chi connectivity index (χ1v) is 3.79. The van der Waals surface area contributed by atoms with Crippen molar-refractivity contribution >= 4 is 5.91 Å². The summed E-state index contributed by atoms with van der Waals surface area (Å²) in [6.07, 6.45) is -9.06. The number of amides is 1. The van der Waals surface area contributed by atoms with Gasteiger partial charge in [-0.3, -0.25) is 4.79 Å². The second-order valence-electron chi connectivity index (χ2n) is 2.90. The largest absolute Gasteiger partial charge is 0.422 e. The number of rotatable bonds is 0. The van der Waals surface area contributed by atoms with Gasteiger partial charge in [-0.15, -0.1) is 0 Å². The summed E-state index contributed by atoms with van der Waals surface area (Å²) in [5.74, 6) is -1.98. The second-order valence-corrected chi connectivity index (χ2v) is 2.90. The summed E-state index contributed by atoms with van der Waals surface area (Å²) in [6.45, 7) is 0.754. The Morgan fingerprint density at radius 3 is 1.75 bits per heavy atom. The van der Waals surface area contributed by atoms with Gasteiger partial charge < -0.3 is 0 Å². The summed E-state index contributed by atoms with van der Waals surface area (Å²) in [5.41, 5.74) is -5.18. The van der Waals surface area contributed by atoms with Crippen LogP contribution in [0.5, 0.6) is 0 Å².